The van der Waals surface area contributed by atoms with E-state index in [1.54, 1.807) is 35.0 Å². The Labute approximate surface area is 175 Å². The number of hydrogen-bond acceptors (Lipinski definition) is 3. The van der Waals surface area contributed by atoms with Gasteiger partial charge in [0.2, 0.25) is 0 Å². The maximum absolute atomic E-state index is 12.9. The summed E-state index contributed by atoms with van der Waals surface area (Å²) < 4.78 is 7.18. The van der Waals surface area contributed by atoms with Crippen molar-refractivity contribution in [2.75, 3.05) is 19.8 Å². The minimum Gasteiger partial charge on any atom is -0.381 e. The summed E-state index contributed by atoms with van der Waals surface area (Å²) in [5.74, 6) is -0.112. The summed E-state index contributed by atoms with van der Waals surface area (Å²) in [4.78, 5) is 27.5. The van der Waals surface area contributed by atoms with Gasteiger partial charge in [-0.1, -0.05) is 24.3 Å². The van der Waals surface area contributed by atoms with E-state index in [1.807, 2.05) is 13.0 Å². The van der Waals surface area contributed by atoms with E-state index in [9.17, 15) is 9.59 Å². The van der Waals surface area contributed by atoms with Gasteiger partial charge < -0.3 is 15.0 Å². The van der Waals surface area contributed by atoms with Gasteiger partial charge in [0.15, 0.2) is 0 Å². The maximum Gasteiger partial charge on any atom is 0.330 e. The molecule has 30 heavy (non-hydrogen) atoms. The van der Waals surface area contributed by atoms with Crippen molar-refractivity contribution in [1.82, 2.24) is 14.9 Å². The van der Waals surface area contributed by atoms with Crippen molar-refractivity contribution in [3.63, 3.8) is 0 Å². The molecule has 1 aliphatic rings. The van der Waals surface area contributed by atoms with E-state index in [4.69, 9.17) is 4.74 Å². The quantitative estimate of drug-likeness (QED) is 0.684. The first kappa shape index (κ1) is 20.2. The Bertz CT molecular complexity index is 1090. The summed E-state index contributed by atoms with van der Waals surface area (Å²) >= 11 is 0. The van der Waals surface area contributed by atoms with Gasteiger partial charge >= 0.3 is 5.69 Å². The molecule has 0 unspecified atom stereocenters. The highest BCUT2D eigenvalue weighted by Gasteiger charge is 2.35. The number of aromatic amines is 1. The number of carbonyl (C=O) groups excluding carboxylic acids is 1. The zero-order valence-electron chi connectivity index (χ0n) is 17.4. The minimum absolute atomic E-state index is 0.112. The molecule has 6 heteroatoms. The lowest BCUT2D eigenvalue weighted by Gasteiger charge is -2.39. The lowest BCUT2D eigenvalue weighted by molar-refractivity contribution is 0.0485. The lowest BCUT2D eigenvalue weighted by atomic mass is 9.72. The summed E-state index contributed by atoms with van der Waals surface area (Å²) in [5.41, 5.74) is 4.34. The average molecular weight is 405 g/mol. The van der Waals surface area contributed by atoms with Crippen molar-refractivity contribution in [1.29, 1.82) is 0 Å². The number of nitrogens with one attached hydrogen (secondary N) is 2. The molecule has 2 heterocycles. The SMILES string of the molecule is Cc1ccccc1C1(CNC(=O)c2ccc(-n3c(C)c[nH]c3=O)cc2)CCOCC1. The molecule has 1 saturated heterocycles. The first-order valence-electron chi connectivity index (χ1n) is 10.3. The minimum atomic E-state index is -0.190. The summed E-state index contributed by atoms with van der Waals surface area (Å²) in [6.45, 7) is 5.95. The molecule has 1 aromatic heterocycles. The molecule has 1 amide bonds. The fourth-order valence-electron chi connectivity index (χ4n) is 4.36. The summed E-state index contributed by atoms with van der Waals surface area (Å²) in [6, 6.07) is 15.5. The molecule has 0 spiro atoms. The topological polar surface area (TPSA) is 76.1 Å². The molecular weight excluding hydrogens is 378 g/mol. The van der Waals surface area contributed by atoms with Crippen molar-refractivity contribution in [3.05, 3.63) is 87.6 Å². The number of imidazole rings is 1. The molecule has 2 aromatic carbocycles. The number of rotatable bonds is 5. The van der Waals surface area contributed by atoms with Crippen LogP contribution in [0.4, 0.5) is 0 Å². The normalized spacial score (nSPS) is 15.7. The standard InChI is InChI=1S/C24H27N3O3/c1-17-5-3-4-6-21(17)24(11-13-30-14-12-24)16-26-22(28)19-7-9-20(10-8-19)27-18(2)15-25-23(27)29/h3-10,15H,11-14,16H2,1-2H3,(H,25,29)(H,26,28). The molecule has 1 aliphatic heterocycles. The highest BCUT2D eigenvalue weighted by Crippen LogP contribution is 2.36. The first-order chi connectivity index (χ1) is 14.5. The predicted octanol–water partition coefficient (Wildman–Crippen LogP) is 3.26. The molecule has 1 fully saturated rings. The van der Waals surface area contributed by atoms with Crippen LogP contribution in [-0.4, -0.2) is 35.2 Å². The second-order valence-electron chi connectivity index (χ2n) is 8.01. The van der Waals surface area contributed by atoms with Gasteiger partial charge in [0.25, 0.3) is 5.91 Å². The number of benzene rings is 2. The summed E-state index contributed by atoms with van der Waals surface area (Å²) in [5, 5.41) is 3.14. The number of nitrogens with zero attached hydrogens (tertiary/aromatic N) is 1. The molecule has 0 saturated carbocycles. The number of amides is 1. The molecule has 4 rings (SSSR count). The van der Waals surface area contributed by atoms with E-state index in [-0.39, 0.29) is 17.0 Å². The zero-order chi connectivity index (χ0) is 21.1. The molecular formula is C24H27N3O3. The van der Waals surface area contributed by atoms with E-state index in [0.717, 1.165) is 24.2 Å². The number of aromatic nitrogens is 2. The number of H-pyrrole nitrogens is 1. The Kier molecular flexibility index (Phi) is 5.59. The Morgan fingerprint density at radius 3 is 2.43 bits per heavy atom. The van der Waals surface area contributed by atoms with Crippen LogP contribution in [0, 0.1) is 13.8 Å². The third-order valence-electron chi connectivity index (χ3n) is 6.10. The Morgan fingerprint density at radius 1 is 1.10 bits per heavy atom. The number of carbonyl (C=O) groups is 1. The van der Waals surface area contributed by atoms with E-state index >= 15 is 0 Å². The monoisotopic (exact) mass is 405 g/mol. The van der Waals surface area contributed by atoms with Gasteiger partial charge in [-0.2, -0.15) is 0 Å². The third kappa shape index (κ3) is 3.83. The number of aryl methyl sites for hydroxylation is 2. The molecule has 0 bridgehead atoms. The van der Waals surface area contributed by atoms with Crippen molar-refractivity contribution in [3.8, 4) is 5.69 Å². The number of ether oxygens (including phenoxy) is 1. The molecule has 0 aliphatic carbocycles. The van der Waals surface area contributed by atoms with Crippen LogP contribution >= 0.6 is 0 Å². The van der Waals surface area contributed by atoms with Crippen LogP contribution in [0.3, 0.4) is 0 Å². The van der Waals surface area contributed by atoms with Gasteiger partial charge in [0, 0.05) is 42.6 Å². The van der Waals surface area contributed by atoms with Crippen LogP contribution in [0.5, 0.6) is 0 Å². The highest BCUT2D eigenvalue weighted by molar-refractivity contribution is 5.94. The first-order valence-corrected chi connectivity index (χ1v) is 10.3. The lowest BCUT2D eigenvalue weighted by Crippen LogP contribution is -2.45. The smallest absolute Gasteiger partial charge is 0.330 e. The molecule has 6 nitrogen and oxygen atoms in total. The second-order valence-corrected chi connectivity index (χ2v) is 8.01. The van der Waals surface area contributed by atoms with E-state index < -0.39 is 0 Å². The van der Waals surface area contributed by atoms with Crippen LogP contribution in [0.25, 0.3) is 5.69 Å². The molecule has 0 radical (unpaired) electrons. The highest BCUT2D eigenvalue weighted by atomic mass is 16.5. The van der Waals surface area contributed by atoms with Crippen LogP contribution < -0.4 is 11.0 Å². The van der Waals surface area contributed by atoms with Crippen LogP contribution in [0.1, 0.15) is 40.0 Å². The average Bonchev–Trinajstić information content (AvgIpc) is 3.11. The van der Waals surface area contributed by atoms with Gasteiger partial charge in [-0.25, -0.2) is 4.79 Å². The molecule has 0 atom stereocenters. The van der Waals surface area contributed by atoms with Gasteiger partial charge in [-0.15, -0.1) is 0 Å². The van der Waals surface area contributed by atoms with E-state index in [1.165, 1.54) is 11.1 Å². The third-order valence-corrected chi connectivity index (χ3v) is 6.10. The van der Waals surface area contributed by atoms with E-state index in [2.05, 4.69) is 35.4 Å². The van der Waals surface area contributed by atoms with Gasteiger partial charge in [-0.05, 0) is 62.1 Å². The molecule has 2 N–H and O–H groups in total. The zero-order valence-corrected chi connectivity index (χ0v) is 17.4. The fraction of sp³-hybridized carbons (Fsp3) is 0.333. The Balaban J connectivity index is 1.52. The maximum atomic E-state index is 12.9. The van der Waals surface area contributed by atoms with Gasteiger partial charge in [0.05, 0.1) is 5.69 Å². The Hall–Kier alpha value is -3.12. The van der Waals surface area contributed by atoms with E-state index in [0.29, 0.717) is 25.3 Å². The van der Waals surface area contributed by atoms with Crippen LogP contribution in [0.15, 0.2) is 59.5 Å². The second kappa shape index (κ2) is 8.32. The van der Waals surface area contributed by atoms with Crippen LogP contribution in [0.2, 0.25) is 0 Å². The van der Waals surface area contributed by atoms with Crippen molar-refractivity contribution in [2.45, 2.75) is 32.1 Å². The summed E-state index contributed by atoms with van der Waals surface area (Å²) in [6.07, 6.45) is 3.43. The van der Waals surface area contributed by atoms with Gasteiger partial charge in [0.1, 0.15) is 0 Å². The molecule has 3 aromatic rings. The fourth-order valence-corrected chi connectivity index (χ4v) is 4.36. The summed E-state index contributed by atoms with van der Waals surface area (Å²) in [7, 11) is 0. The van der Waals surface area contributed by atoms with Crippen molar-refractivity contribution < 1.29 is 9.53 Å². The number of hydrogen-bond donors (Lipinski definition) is 2. The predicted molar refractivity (Wildman–Crippen MR) is 116 cm³/mol. The molecule has 156 valence electrons. The Morgan fingerprint density at radius 2 is 1.80 bits per heavy atom. The van der Waals surface area contributed by atoms with Crippen LogP contribution in [-0.2, 0) is 10.2 Å². The van der Waals surface area contributed by atoms with Crippen molar-refractivity contribution >= 4 is 5.91 Å². The largest absolute Gasteiger partial charge is 0.381 e. The van der Waals surface area contributed by atoms with Crippen molar-refractivity contribution in [2.24, 2.45) is 0 Å². The van der Waals surface area contributed by atoms with Gasteiger partial charge in [-0.3, -0.25) is 9.36 Å².